The number of nitrogens with zero attached hydrogens (tertiary/aromatic N) is 3. The highest BCUT2D eigenvalue weighted by atomic mass is 16.3. The minimum absolute atomic E-state index is 0.0692. The summed E-state index contributed by atoms with van der Waals surface area (Å²) in [5, 5.41) is 4.60. The Hall–Kier alpha value is -1.65. The molecular formula is C11H13N3O2. The quantitative estimate of drug-likeness (QED) is 0.661. The van der Waals surface area contributed by atoms with Crippen molar-refractivity contribution < 1.29 is 0 Å². The first-order chi connectivity index (χ1) is 7.78. The van der Waals surface area contributed by atoms with Gasteiger partial charge in [-0.3, -0.25) is 9.80 Å². The molecule has 0 amide bonds. The van der Waals surface area contributed by atoms with E-state index in [0.717, 1.165) is 18.7 Å². The molecule has 0 spiro atoms. The van der Waals surface area contributed by atoms with Gasteiger partial charge in [-0.1, -0.05) is 6.07 Å². The summed E-state index contributed by atoms with van der Waals surface area (Å²) in [5.41, 5.74) is 1.12. The largest absolute Gasteiger partial charge is 0.312 e. The molecule has 5 heteroatoms. The second-order valence-corrected chi connectivity index (χ2v) is 4.65. The first kappa shape index (κ1) is 9.57. The maximum Gasteiger partial charge on any atom is 0.250 e. The molecule has 5 nitrogen and oxygen atoms in total. The number of nitroso groups, excluding NO2 is 1. The molecule has 2 aliphatic heterocycles. The van der Waals surface area contributed by atoms with Gasteiger partial charge in [-0.15, -0.1) is 4.91 Å². The van der Waals surface area contributed by atoms with Crippen LogP contribution in [0.2, 0.25) is 0 Å². The smallest absolute Gasteiger partial charge is 0.250 e. The summed E-state index contributed by atoms with van der Waals surface area (Å²) in [6.45, 7) is 2.04. The van der Waals surface area contributed by atoms with Crippen LogP contribution < -0.4 is 5.56 Å². The fourth-order valence-electron chi connectivity index (χ4n) is 2.94. The normalized spacial score (nSPS) is 27.4. The van der Waals surface area contributed by atoms with E-state index in [1.54, 1.807) is 17.1 Å². The third-order valence-corrected chi connectivity index (χ3v) is 3.58. The Labute approximate surface area is 92.6 Å². The third-order valence-electron chi connectivity index (χ3n) is 3.58. The molecule has 0 N–H and O–H groups in total. The summed E-state index contributed by atoms with van der Waals surface area (Å²) < 4.78 is 1.85. The molecule has 2 aliphatic rings. The summed E-state index contributed by atoms with van der Waals surface area (Å²) >= 11 is 0. The molecule has 84 valence electrons. The number of fused-ring (bicyclic) bond motifs is 4. The SMILES string of the molecule is O=NN1CC2CC(C1)c1cccc(=O)n1C2. The second-order valence-electron chi connectivity index (χ2n) is 4.65. The highest BCUT2D eigenvalue weighted by Gasteiger charge is 2.34. The first-order valence-corrected chi connectivity index (χ1v) is 5.56. The first-order valence-electron chi connectivity index (χ1n) is 5.56. The van der Waals surface area contributed by atoms with Gasteiger partial charge >= 0.3 is 0 Å². The monoisotopic (exact) mass is 219 g/mol. The predicted octanol–water partition coefficient (Wildman–Crippen LogP) is 0.949. The Morgan fingerprint density at radius 2 is 2.12 bits per heavy atom. The molecule has 0 saturated carbocycles. The van der Waals surface area contributed by atoms with Crippen LogP contribution in [-0.4, -0.2) is 22.7 Å². The molecule has 2 atom stereocenters. The molecule has 1 saturated heterocycles. The van der Waals surface area contributed by atoms with Gasteiger partial charge in [0.1, 0.15) is 0 Å². The summed E-state index contributed by atoms with van der Waals surface area (Å²) in [7, 11) is 0. The molecule has 3 rings (SSSR count). The van der Waals surface area contributed by atoms with E-state index in [1.807, 2.05) is 10.6 Å². The van der Waals surface area contributed by atoms with Gasteiger partial charge in [0.2, 0.25) is 0 Å². The maximum atomic E-state index is 11.7. The van der Waals surface area contributed by atoms with E-state index in [9.17, 15) is 9.70 Å². The zero-order valence-corrected chi connectivity index (χ0v) is 8.87. The average molecular weight is 219 g/mol. The van der Waals surface area contributed by atoms with Crippen molar-refractivity contribution in [1.82, 2.24) is 9.58 Å². The minimum Gasteiger partial charge on any atom is -0.312 e. The van der Waals surface area contributed by atoms with Gasteiger partial charge in [-0.25, -0.2) is 0 Å². The van der Waals surface area contributed by atoms with Crippen LogP contribution in [0.4, 0.5) is 0 Å². The minimum atomic E-state index is 0.0692. The van der Waals surface area contributed by atoms with E-state index in [0.29, 0.717) is 19.0 Å². The highest BCUT2D eigenvalue weighted by Crippen LogP contribution is 2.34. The van der Waals surface area contributed by atoms with Crippen molar-refractivity contribution in [3.05, 3.63) is 39.2 Å². The predicted molar refractivity (Wildman–Crippen MR) is 58.9 cm³/mol. The second kappa shape index (κ2) is 3.43. The van der Waals surface area contributed by atoms with E-state index in [2.05, 4.69) is 5.29 Å². The zero-order valence-electron chi connectivity index (χ0n) is 8.87. The van der Waals surface area contributed by atoms with Gasteiger partial charge in [0.05, 0.1) is 5.29 Å². The summed E-state index contributed by atoms with van der Waals surface area (Å²) in [4.78, 5) is 22.3. The van der Waals surface area contributed by atoms with Crippen LogP contribution in [0, 0.1) is 10.8 Å². The van der Waals surface area contributed by atoms with Gasteiger partial charge in [0.15, 0.2) is 0 Å². The molecule has 3 heterocycles. The standard InChI is InChI=1S/C11H13N3O2/c15-11-3-1-2-10-9-4-8(6-14(10)11)5-13(7-9)12-16/h1-3,8-9H,4-7H2. The van der Waals surface area contributed by atoms with Crippen molar-refractivity contribution in [3.63, 3.8) is 0 Å². The topological polar surface area (TPSA) is 54.7 Å². The average Bonchev–Trinajstić information content (AvgIpc) is 2.30. The summed E-state index contributed by atoms with van der Waals surface area (Å²) in [6, 6.07) is 5.37. The number of piperidine rings is 1. The van der Waals surface area contributed by atoms with E-state index in [-0.39, 0.29) is 11.5 Å². The fraction of sp³-hybridized carbons (Fsp3) is 0.545. The Morgan fingerprint density at radius 3 is 2.94 bits per heavy atom. The van der Waals surface area contributed by atoms with Crippen molar-refractivity contribution in [2.45, 2.75) is 18.9 Å². The maximum absolute atomic E-state index is 11.7. The van der Waals surface area contributed by atoms with E-state index < -0.39 is 0 Å². The third kappa shape index (κ3) is 1.35. The molecule has 0 aliphatic carbocycles. The van der Waals surface area contributed by atoms with Crippen LogP contribution in [0.5, 0.6) is 0 Å². The summed E-state index contributed by atoms with van der Waals surface area (Å²) in [5.74, 6) is 0.656. The van der Waals surface area contributed by atoms with Gasteiger partial charge in [-0.05, 0) is 18.4 Å². The Bertz CT molecular complexity index is 482. The van der Waals surface area contributed by atoms with Crippen molar-refractivity contribution in [2.24, 2.45) is 11.2 Å². The lowest BCUT2D eigenvalue weighted by atomic mass is 9.84. The van der Waals surface area contributed by atoms with Crippen LogP contribution in [0.15, 0.2) is 28.3 Å². The van der Waals surface area contributed by atoms with E-state index in [4.69, 9.17) is 0 Å². The highest BCUT2D eigenvalue weighted by molar-refractivity contribution is 5.16. The molecular weight excluding hydrogens is 206 g/mol. The van der Waals surface area contributed by atoms with Crippen molar-refractivity contribution in [2.75, 3.05) is 13.1 Å². The van der Waals surface area contributed by atoms with Gasteiger partial charge in [0.25, 0.3) is 5.56 Å². The number of rotatable bonds is 1. The molecule has 1 aromatic rings. The molecule has 16 heavy (non-hydrogen) atoms. The van der Waals surface area contributed by atoms with Crippen LogP contribution >= 0.6 is 0 Å². The molecule has 1 aromatic heterocycles. The van der Waals surface area contributed by atoms with Crippen LogP contribution in [0.3, 0.4) is 0 Å². The molecule has 0 aromatic carbocycles. The lowest BCUT2D eigenvalue weighted by molar-refractivity contribution is 0.122. The molecule has 1 fully saturated rings. The Balaban J connectivity index is 2.05. The van der Waals surface area contributed by atoms with Gasteiger partial charge < -0.3 is 4.57 Å². The van der Waals surface area contributed by atoms with Gasteiger partial charge in [-0.2, -0.15) is 0 Å². The lowest BCUT2D eigenvalue weighted by Gasteiger charge is -2.40. The van der Waals surface area contributed by atoms with E-state index >= 15 is 0 Å². The van der Waals surface area contributed by atoms with Crippen LogP contribution in [0.25, 0.3) is 0 Å². The van der Waals surface area contributed by atoms with Crippen LogP contribution in [-0.2, 0) is 6.54 Å². The Kier molecular flexibility index (Phi) is 2.05. The van der Waals surface area contributed by atoms with Crippen molar-refractivity contribution in [3.8, 4) is 0 Å². The number of pyridine rings is 1. The van der Waals surface area contributed by atoms with Crippen molar-refractivity contribution in [1.29, 1.82) is 0 Å². The lowest BCUT2D eigenvalue weighted by Crippen LogP contribution is -2.44. The molecule has 0 radical (unpaired) electrons. The van der Waals surface area contributed by atoms with Crippen LogP contribution in [0.1, 0.15) is 18.0 Å². The number of aromatic nitrogens is 1. The Morgan fingerprint density at radius 1 is 1.25 bits per heavy atom. The zero-order chi connectivity index (χ0) is 11.1. The van der Waals surface area contributed by atoms with E-state index in [1.165, 1.54) is 0 Å². The number of hydrogen-bond acceptors (Lipinski definition) is 3. The van der Waals surface area contributed by atoms with Crippen molar-refractivity contribution >= 4 is 0 Å². The number of hydrogen-bond donors (Lipinski definition) is 0. The molecule has 2 unspecified atom stereocenters. The van der Waals surface area contributed by atoms with Gasteiger partial charge in [0, 0.05) is 37.3 Å². The summed E-state index contributed by atoms with van der Waals surface area (Å²) in [6.07, 6.45) is 1.06. The molecule has 2 bridgehead atoms. The fourth-order valence-corrected chi connectivity index (χ4v) is 2.94.